The van der Waals surface area contributed by atoms with Crippen LogP contribution in [0.15, 0.2) is 60.9 Å². The van der Waals surface area contributed by atoms with E-state index in [1.165, 1.54) is 18.3 Å². The normalized spacial score (nSPS) is 11.0. The lowest BCUT2D eigenvalue weighted by Crippen LogP contribution is -2.23. The zero-order valence-electron chi connectivity index (χ0n) is 16.2. The summed E-state index contributed by atoms with van der Waals surface area (Å²) in [4.78, 5) is 21.5. The van der Waals surface area contributed by atoms with Gasteiger partial charge in [0.15, 0.2) is 5.82 Å². The number of aromatic nitrogens is 7. The summed E-state index contributed by atoms with van der Waals surface area (Å²) in [5, 5.41) is 14.9. The number of aromatic amines is 1. The fraction of sp³-hybridized carbons (Fsp3) is 0.0476. The summed E-state index contributed by atoms with van der Waals surface area (Å²) < 4.78 is 15.1. The smallest absolute Gasteiger partial charge is 0.267 e. The van der Waals surface area contributed by atoms with Crippen LogP contribution < -0.4 is 5.43 Å². The van der Waals surface area contributed by atoms with E-state index in [0.717, 1.165) is 16.5 Å². The van der Waals surface area contributed by atoms with Crippen molar-refractivity contribution in [3.8, 4) is 22.8 Å². The van der Waals surface area contributed by atoms with Crippen molar-refractivity contribution in [2.24, 2.45) is 0 Å². The van der Waals surface area contributed by atoms with Crippen LogP contribution in [0.5, 0.6) is 0 Å². The van der Waals surface area contributed by atoms with E-state index in [9.17, 15) is 9.18 Å². The minimum Gasteiger partial charge on any atom is -0.267 e. The van der Waals surface area contributed by atoms with E-state index in [1.807, 2.05) is 24.3 Å². The van der Waals surface area contributed by atoms with Crippen molar-refractivity contribution in [1.82, 2.24) is 35.3 Å². The minimum atomic E-state index is -0.375. The first-order chi connectivity index (χ1) is 15.1. The topological polar surface area (TPSA) is 114 Å². The van der Waals surface area contributed by atoms with Gasteiger partial charge in [-0.3, -0.25) is 14.9 Å². The minimum absolute atomic E-state index is 0.316. The summed E-state index contributed by atoms with van der Waals surface area (Å²) in [5.41, 5.74) is 5.74. The molecule has 0 fully saturated rings. The lowest BCUT2D eigenvalue weighted by Gasteiger charge is -2.10. The number of nitrogens with one attached hydrogen (secondary N) is 2. The summed E-state index contributed by atoms with van der Waals surface area (Å²) in [5.74, 6) is 0.0718. The number of hydrogen-bond acceptors (Lipinski definition) is 6. The standard InChI is InChI=1S/C21H15FN8O/c1-12-17(11-23-19(24-12)13-4-2-5-14(22)10-13)21(31)27-30-9-8-15-16(6-3-7-18(15)30)20-25-28-29-26-20/h2-11H,1H3,(H,27,31)(H,25,26,28,29). The van der Waals surface area contributed by atoms with Gasteiger partial charge in [-0.1, -0.05) is 24.3 Å². The molecule has 0 saturated heterocycles. The van der Waals surface area contributed by atoms with E-state index in [1.54, 1.807) is 29.9 Å². The van der Waals surface area contributed by atoms with Gasteiger partial charge >= 0.3 is 0 Å². The number of carbonyl (C=O) groups excluding carboxylic acids is 1. The van der Waals surface area contributed by atoms with Gasteiger partial charge in [0, 0.05) is 28.9 Å². The highest BCUT2D eigenvalue weighted by Gasteiger charge is 2.16. The number of aryl methyl sites for hydroxylation is 1. The van der Waals surface area contributed by atoms with E-state index in [0.29, 0.717) is 28.5 Å². The molecule has 0 unspecified atom stereocenters. The number of benzene rings is 2. The molecule has 0 atom stereocenters. The van der Waals surface area contributed by atoms with Crippen LogP contribution in [0, 0.1) is 12.7 Å². The Morgan fingerprint density at radius 3 is 2.77 bits per heavy atom. The van der Waals surface area contributed by atoms with Crippen LogP contribution in [0.2, 0.25) is 0 Å². The van der Waals surface area contributed by atoms with Crippen LogP contribution in [0.25, 0.3) is 33.7 Å². The molecule has 0 aliphatic rings. The second-order valence-electron chi connectivity index (χ2n) is 6.80. The molecular weight excluding hydrogens is 399 g/mol. The van der Waals surface area contributed by atoms with Crippen LogP contribution in [-0.4, -0.2) is 41.2 Å². The quantitative estimate of drug-likeness (QED) is 0.467. The number of halogens is 1. The third-order valence-corrected chi connectivity index (χ3v) is 4.85. The number of rotatable bonds is 4. The average Bonchev–Trinajstić information content (AvgIpc) is 3.44. The van der Waals surface area contributed by atoms with Crippen molar-refractivity contribution < 1.29 is 9.18 Å². The first kappa shape index (κ1) is 18.6. The van der Waals surface area contributed by atoms with E-state index in [4.69, 9.17) is 0 Å². The molecule has 0 spiro atoms. The Balaban J connectivity index is 1.44. The average molecular weight is 414 g/mol. The predicted octanol–water partition coefficient (Wildman–Crippen LogP) is 3.11. The third kappa shape index (κ3) is 3.39. The molecule has 152 valence electrons. The van der Waals surface area contributed by atoms with Crippen LogP contribution in [0.1, 0.15) is 16.1 Å². The molecule has 0 aliphatic carbocycles. The largest absolute Gasteiger partial charge is 0.273 e. The van der Waals surface area contributed by atoms with Gasteiger partial charge in [0.2, 0.25) is 5.82 Å². The van der Waals surface area contributed by atoms with Crippen molar-refractivity contribution in [2.75, 3.05) is 5.43 Å². The fourth-order valence-electron chi connectivity index (χ4n) is 3.36. The van der Waals surface area contributed by atoms with E-state index in [2.05, 4.69) is 36.0 Å². The molecule has 3 heterocycles. The van der Waals surface area contributed by atoms with Gasteiger partial charge < -0.3 is 0 Å². The Morgan fingerprint density at radius 2 is 2.00 bits per heavy atom. The molecule has 9 nitrogen and oxygen atoms in total. The molecule has 5 aromatic rings. The molecule has 2 N–H and O–H groups in total. The fourth-order valence-corrected chi connectivity index (χ4v) is 3.36. The van der Waals surface area contributed by atoms with Gasteiger partial charge in [-0.15, -0.1) is 10.2 Å². The van der Waals surface area contributed by atoms with E-state index < -0.39 is 0 Å². The number of fused-ring (bicyclic) bond motifs is 1. The maximum atomic E-state index is 13.5. The van der Waals surface area contributed by atoms with Gasteiger partial charge in [-0.25, -0.2) is 14.4 Å². The second kappa shape index (κ2) is 7.41. The number of tetrazole rings is 1. The van der Waals surface area contributed by atoms with Crippen LogP contribution in [0.4, 0.5) is 4.39 Å². The van der Waals surface area contributed by atoms with Crippen molar-refractivity contribution in [1.29, 1.82) is 0 Å². The van der Waals surface area contributed by atoms with E-state index >= 15 is 0 Å². The van der Waals surface area contributed by atoms with Gasteiger partial charge in [0.25, 0.3) is 5.91 Å². The summed E-state index contributed by atoms with van der Waals surface area (Å²) in [6, 6.07) is 13.5. The van der Waals surface area contributed by atoms with Crippen molar-refractivity contribution in [3.05, 3.63) is 78.0 Å². The number of hydrogen-bond donors (Lipinski definition) is 2. The zero-order valence-corrected chi connectivity index (χ0v) is 16.2. The Hall–Kier alpha value is -4.47. The molecule has 0 saturated carbocycles. The Morgan fingerprint density at radius 1 is 1.13 bits per heavy atom. The summed E-state index contributed by atoms with van der Waals surface area (Å²) in [6.45, 7) is 1.71. The first-order valence-electron chi connectivity index (χ1n) is 9.35. The third-order valence-electron chi connectivity index (χ3n) is 4.85. The molecular formula is C21H15FN8O. The molecule has 31 heavy (non-hydrogen) atoms. The van der Waals surface area contributed by atoms with Gasteiger partial charge in [-0.2, -0.15) is 5.21 Å². The zero-order chi connectivity index (χ0) is 21.4. The van der Waals surface area contributed by atoms with Crippen LogP contribution in [-0.2, 0) is 0 Å². The second-order valence-corrected chi connectivity index (χ2v) is 6.80. The van der Waals surface area contributed by atoms with Crippen molar-refractivity contribution in [2.45, 2.75) is 6.92 Å². The van der Waals surface area contributed by atoms with E-state index in [-0.39, 0.29) is 11.7 Å². The number of amides is 1. The predicted molar refractivity (Wildman–Crippen MR) is 111 cm³/mol. The molecule has 1 amide bonds. The van der Waals surface area contributed by atoms with Crippen molar-refractivity contribution in [3.63, 3.8) is 0 Å². The molecule has 2 aromatic carbocycles. The molecule has 0 bridgehead atoms. The van der Waals surface area contributed by atoms with Crippen LogP contribution in [0.3, 0.4) is 0 Å². The monoisotopic (exact) mass is 414 g/mol. The first-order valence-corrected chi connectivity index (χ1v) is 9.35. The maximum absolute atomic E-state index is 13.5. The highest BCUT2D eigenvalue weighted by atomic mass is 19.1. The molecule has 3 aromatic heterocycles. The Bertz CT molecular complexity index is 1410. The lowest BCUT2D eigenvalue weighted by molar-refractivity contribution is 0.101. The Labute approximate surface area is 174 Å². The highest BCUT2D eigenvalue weighted by molar-refractivity contribution is 6.02. The lowest BCUT2D eigenvalue weighted by atomic mass is 10.1. The number of nitrogens with zero attached hydrogens (tertiary/aromatic N) is 6. The van der Waals surface area contributed by atoms with Gasteiger partial charge in [-0.05, 0) is 36.4 Å². The number of carbonyl (C=O) groups is 1. The van der Waals surface area contributed by atoms with Crippen molar-refractivity contribution >= 4 is 16.8 Å². The van der Waals surface area contributed by atoms with Gasteiger partial charge in [0.05, 0.1) is 16.8 Å². The maximum Gasteiger partial charge on any atom is 0.273 e. The van der Waals surface area contributed by atoms with Gasteiger partial charge in [0.1, 0.15) is 5.82 Å². The highest BCUT2D eigenvalue weighted by Crippen LogP contribution is 2.26. The molecule has 0 aliphatic heterocycles. The molecule has 0 radical (unpaired) electrons. The summed E-state index contributed by atoms with van der Waals surface area (Å²) >= 11 is 0. The summed E-state index contributed by atoms with van der Waals surface area (Å²) in [7, 11) is 0. The molecule has 10 heteroatoms. The Kier molecular flexibility index (Phi) is 4.43. The number of H-pyrrole nitrogens is 1. The molecule has 5 rings (SSSR count). The van der Waals surface area contributed by atoms with Crippen LogP contribution >= 0.6 is 0 Å². The SMILES string of the molecule is Cc1nc(-c2cccc(F)c2)ncc1C(=O)Nn1ccc2c(-c3nn[nH]n3)cccc21. The summed E-state index contributed by atoms with van der Waals surface area (Å²) in [6.07, 6.45) is 3.18.